The first-order chi connectivity index (χ1) is 23.2. The number of halogens is 3. The maximum atomic E-state index is 14.0. The Morgan fingerprint density at radius 3 is 2.65 bits per heavy atom. The molecule has 49 heavy (non-hydrogen) atoms. The predicted octanol–water partition coefficient (Wildman–Crippen LogP) is 6.53. The van der Waals surface area contributed by atoms with Crippen molar-refractivity contribution in [3.8, 4) is 16.9 Å². The van der Waals surface area contributed by atoms with Gasteiger partial charge in [0.1, 0.15) is 23.7 Å². The Morgan fingerprint density at radius 2 is 1.90 bits per heavy atom. The summed E-state index contributed by atoms with van der Waals surface area (Å²) in [5, 5.41) is 37.1. The van der Waals surface area contributed by atoms with Crippen molar-refractivity contribution in [2.75, 3.05) is 0 Å². The fraction of sp³-hybridized carbons (Fsp3) is 0.474. The van der Waals surface area contributed by atoms with Crippen LogP contribution < -0.4 is 0 Å². The molecule has 2 heterocycles. The molecular weight excluding hydrogens is 631 g/mol. The molecule has 5 unspecified atom stereocenters. The van der Waals surface area contributed by atoms with Gasteiger partial charge in [0.25, 0.3) is 5.92 Å². The van der Waals surface area contributed by atoms with Crippen molar-refractivity contribution >= 4 is 11.9 Å². The zero-order chi connectivity index (χ0) is 34.5. The highest BCUT2D eigenvalue weighted by molar-refractivity contribution is 5.88. The molecule has 2 aromatic carbocycles. The molecular formula is C38H40F3N5O3. The molecule has 0 spiro atoms. The van der Waals surface area contributed by atoms with E-state index in [2.05, 4.69) is 28.4 Å². The number of alkyl halides is 2. The predicted molar refractivity (Wildman–Crippen MR) is 176 cm³/mol. The molecule has 0 radical (unpaired) electrons. The van der Waals surface area contributed by atoms with Crippen LogP contribution >= 0.6 is 0 Å². The Bertz CT molecular complexity index is 1980. The van der Waals surface area contributed by atoms with E-state index in [9.17, 15) is 28.2 Å². The van der Waals surface area contributed by atoms with E-state index in [0.717, 1.165) is 36.7 Å². The minimum absolute atomic E-state index is 0.0429. The number of allylic oxidation sites excluding steroid dienone is 1. The quantitative estimate of drug-likeness (QED) is 0.241. The van der Waals surface area contributed by atoms with E-state index in [0.29, 0.717) is 36.9 Å². The molecule has 0 saturated heterocycles. The molecule has 8 nitrogen and oxygen atoms in total. The number of Topliss-reactive ketones (excluding diaryl/α,β-unsaturated/α-hetero) is 1. The minimum Gasteiger partial charge on any atom is -0.393 e. The number of rotatable bonds is 6. The number of aromatic nitrogens is 5. The normalized spacial score (nSPS) is 32.1. The second-order valence-electron chi connectivity index (χ2n) is 15.3. The summed E-state index contributed by atoms with van der Waals surface area (Å²) in [4.78, 5) is 14.0. The second kappa shape index (κ2) is 11.0. The van der Waals surface area contributed by atoms with Crippen LogP contribution in [0.15, 0.2) is 66.5 Å². The Labute approximate surface area is 282 Å². The monoisotopic (exact) mass is 671 g/mol. The Morgan fingerprint density at radius 1 is 1.12 bits per heavy atom. The van der Waals surface area contributed by atoms with Gasteiger partial charge >= 0.3 is 0 Å². The van der Waals surface area contributed by atoms with Crippen LogP contribution in [-0.4, -0.2) is 52.5 Å². The lowest BCUT2D eigenvalue weighted by molar-refractivity contribution is -0.180. The van der Waals surface area contributed by atoms with Gasteiger partial charge in [0.05, 0.1) is 29.9 Å². The van der Waals surface area contributed by atoms with Crippen molar-refractivity contribution in [1.29, 1.82) is 0 Å². The van der Waals surface area contributed by atoms with Crippen LogP contribution in [0.25, 0.3) is 23.0 Å². The number of carbonyl (C=O) groups excluding carboxylic acids is 1. The maximum Gasteiger partial charge on any atom is 0.270 e. The van der Waals surface area contributed by atoms with Crippen molar-refractivity contribution in [1.82, 2.24) is 24.8 Å². The Hall–Kier alpha value is -4.09. The fourth-order valence-electron chi connectivity index (χ4n) is 10.2. The molecule has 4 aromatic rings. The van der Waals surface area contributed by atoms with Crippen LogP contribution in [0.1, 0.15) is 69.7 Å². The topological polar surface area (TPSA) is 106 Å². The Balaban J connectivity index is 1.03. The van der Waals surface area contributed by atoms with Crippen LogP contribution in [0.3, 0.4) is 0 Å². The van der Waals surface area contributed by atoms with Gasteiger partial charge in [-0.15, -0.1) is 5.10 Å². The maximum absolute atomic E-state index is 14.0. The first-order valence-corrected chi connectivity index (χ1v) is 17.1. The number of benzene rings is 2. The van der Waals surface area contributed by atoms with E-state index in [1.807, 2.05) is 17.8 Å². The van der Waals surface area contributed by atoms with Crippen LogP contribution in [0.2, 0.25) is 0 Å². The summed E-state index contributed by atoms with van der Waals surface area (Å²) < 4.78 is 44.7. The van der Waals surface area contributed by atoms with Crippen molar-refractivity contribution < 1.29 is 28.2 Å². The molecule has 11 heteroatoms. The number of aliphatic hydroxyl groups excluding tert-OH is 1. The van der Waals surface area contributed by atoms with Gasteiger partial charge in [-0.3, -0.25) is 4.79 Å². The van der Waals surface area contributed by atoms with Crippen LogP contribution in [-0.2, 0) is 23.7 Å². The third kappa shape index (κ3) is 4.86. The summed E-state index contributed by atoms with van der Waals surface area (Å²) in [6, 6.07) is 12.2. The van der Waals surface area contributed by atoms with Gasteiger partial charge in [0.2, 0.25) is 0 Å². The van der Waals surface area contributed by atoms with Gasteiger partial charge in [0.15, 0.2) is 5.78 Å². The first-order valence-electron chi connectivity index (χ1n) is 17.1. The lowest BCUT2D eigenvalue weighted by atomic mass is 9.45. The fourth-order valence-corrected chi connectivity index (χ4v) is 10.2. The van der Waals surface area contributed by atoms with Gasteiger partial charge in [0, 0.05) is 23.5 Å². The summed E-state index contributed by atoms with van der Waals surface area (Å²) >= 11 is 0. The zero-order valence-corrected chi connectivity index (χ0v) is 27.8. The van der Waals surface area contributed by atoms with Gasteiger partial charge in [-0.1, -0.05) is 42.8 Å². The highest BCUT2D eigenvalue weighted by Gasteiger charge is 2.68. The molecule has 7 atom stereocenters. The van der Waals surface area contributed by atoms with Crippen LogP contribution in [0.5, 0.6) is 0 Å². The Kier molecular flexibility index (Phi) is 7.18. The van der Waals surface area contributed by atoms with Crippen molar-refractivity contribution in [2.24, 2.45) is 28.6 Å². The van der Waals surface area contributed by atoms with E-state index in [1.54, 1.807) is 24.4 Å². The van der Waals surface area contributed by atoms with Gasteiger partial charge in [-0.2, -0.15) is 5.10 Å². The average Bonchev–Trinajstić information content (AvgIpc) is 3.76. The summed E-state index contributed by atoms with van der Waals surface area (Å²) in [7, 11) is 0. The number of hydrogen-bond donors (Lipinski definition) is 2. The van der Waals surface area contributed by atoms with Crippen molar-refractivity contribution in [3.05, 3.63) is 89.1 Å². The molecule has 0 bridgehead atoms. The SMILES string of the molecule is CC(F)(F)c1cccc(-c2cn(CC(=O)[C@@]3(O)CCC4C5CCC6=Cc7c(cnn7-c7ccc(F)cc7)CC6(C)C5[C@@H](O)CC43C)nn2)c1. The number of nitrogens with zero attached hydrogens (tertiary/aromatic N) is 5. The van der Waals surface area contributed by atoms with Crippen molar-refractivity contribution in [2.45, 2.75) is 83.5 Å². The third-order valence-electron chi connectivity index (χ3n) is 12.6. The summed E-state index contributed by atoms with van der Waals surface area (Å²) in [5.41, 5.74) is 2.00. The third-order valence-corrected chi connectivity index (χ3v) is 12.6. The highest BCUT2D eigenvalue weighted by Crippen LogP contribution is 2.67. The number of ketones is 1. The standard InChI is InChI=1S/C38H40F3N5O3/c1-35-17-23-19-42-46(27-10-8-26(39)9-11-27)31(23)16-24(35)7-12-28-29-13-14-38(49,36(29,2)18-32(47)34(28)35)33(48)21-45-20-30(43-44-45)22-5-4-6-25(15-22)37(3,40)41/h4-6,8-11,15-16,19-20,28-29,32,34,47,49H,7,12-14,17-18,21H2,1-3H3/t28?,29?,32-,34?,35?,36?,38-/m0/s1. The van der Waals surface area contributed by atoms with E-state index in [-0.39, 0.29) is 46.9 Å². The highest BCUT2D eigenvalue weighted by atomic mass is 19.3. The first kappa shape index (κ1) is 32.1. The summed E-state index contributed by atoms with van der Waals surface area (Å²) in [6.07, 6.45) is 8.56. The molecule has 2 N–H and O–H groups in total. The minimum atomic E-state index is -3.01. The molecule has 8 rings (SSSR count). The molecule has 4 aliphatic carbocycles. The van der Waals surface area contributed by atoms with E-state index in [4.69, 9.17) is 0 Å². The number of carbonyl (C=O) groups is 1. The number of fused-ring (bicyclic) bond motifs is 6. The molecule has 3 saturated carbocycles. The molecule has 3 fully saturated rings. The van der Waals surface area contributed by atoms with Crippen LogP contribution in [0, 0.1) is 34.4 Å². The van der Waals surface area contributed by atoms with Crippen molar-refractivity contribution in [3.63, 3.8) is 0 Å². The second-order valence-corrected chi connectivity index (χ2v) is 15.3. The lowest BCUT2D eigenvalue weighted by Gasteiger charge is -2.60. The van der Waals surface area contributed by atoms with E-state index in [1.165, 1.54) is 40.6 Å². The van der Waals surface area contributed by atoms with Gasteiger partial charge < -0.3 is 10.2 Å². The summed E-state index contributed by atoms with van der Waals surface area (Å²) in [5.74, 6) is -3.58. The molecule has 4 aliphatic rings. The molecule has 0 amide bonds. The summed E-state index contributed by atoms with van der Waals surface area (Å²) in [6.45, 7) is 4.82. The molecule has 256 valence electrons. The largest absolute Gasteiger partial charge is 0.393 e. The van der Waals surface area contributed by atoms with Gasteiger partial charge in [-0.05, 0) is 104 Å². The lowest BCUT2D eigenvalue weighted by Crippen LogP contribution is -2.62. The van der Waals surface area contributed by atoms with Gasteiger partial charge in [-0.25, -0.2) is 22.5 Å². The average molecular weight is 672 g/mol. The number of aliphatic hydroxyl groups is 2. The molecule has 2 aromatic heterocycles. The molecule has 0 aliphatic heterocycles. The zero-order valence-electron chi connectivity index (χ0n) is 27.8. The number of hydrogen-bond acceptors (Lipinski definition) is 6. The van der Waals surface area contributed by atoms with E-state index >= 15 is 0 Å². The smallest absolute Gasteiger partial charge is 0.270 e. The van der Waals surface area contributed by atoms with E-state index < -0.39 is 23.0 Å². The van der Waals surface area contributed by atoms with Crippen LogP contribution in [0.4, 0.5) is 13.2 Å².